The van der Waals surface area contributed by atoms with E-state index in [2.05, 4.69) is 19.8 Å². The van der Waals surface area contributed by atoms with Crippen LogP contribution in [0.2, 0.25) is 0 Å². The van der Waals surface area contributed by atoms with Crippen molar-refractivity contribution in [3.63, 3.8) is 0 Å². The van der Waals surface area contributed by atoms with Crippen LogP contribution in [0.5, 0.6) is 0 Å². The van der Waals surface area contributed by atoms with Gasteiger partial charge in [-0.15, -0.1) is 11.3 Å². The molecule has 0 amide bonds. The first kappa shape index (κ1) is 25.5. The molecule has 3 aliphatic rings. The van der Waals surface area contributed by atoms with Crippen LogP contribution in [0.4, 0.5) is 19.7 Å². The summed E-state index contributed by atoms with van der Waals surface area (Å²) < 4.78 is 37.3. The Morgan fingerprint density at radius 3 is 2.83 bits per heavy atom. The van der Waals surface area contributed by atoms with E-state index in [1.165, 1.54) is 0 Å². The van der Waals surface area contributed by atoms with Crippen molar-refractivity contribution in [3.8, 4) is 17.3 Å². The van der Waals surface area contributed by atoms with E-state index in [1.54, 1.807) is 13.1 Å². The lowest BCUT2D eigenvalue weighted by molar-refractivity contribution is 0.0750. The van der Waals surface area contributed by atoms with Crippen molar-refractivity contribution < 1.29 is 18.6 Å². The van der Waals surface area contributed by atoms with Crippen LogP contribution in [-0.4, -0.2) is 62.8 Å². The van der Waals surface area contributed by atoms with Crippen molar-refractivity contribution in [1.29, 1.82) is 5.26 Å². The van der Waals surface area contributed by atoms with Gasteiger partial charge in [-0.1, -0.05) is 0 Å². The highest BCUT2D eigenvalue weighted by molar-refractivity contribution is 7.23. The summed E-state index contributed by atoms with van der Waals surface area (Å²) >= 11 is 0.950. The van der Waals surface area contributed by atoms with Crippen molar-refractivity contribution in [2.24, 2.45) is 0 Å². The molecule has 12 heteroatoms. The van der Waals surface area contributed by atoms with E-state index in [1.807, 2.05) is 6.07 Å². The standard InChI is InChI=1S/C28H27F2N7O2S/c1-13(38)10-36-5-2-3-20-19(36)4-6-37(20)28-34-8-15-16-11-39-12-17(16)21(23(30)24(15)35-28)25-22-14(7-31)27(32)40-26(22)18(29)9-33-25/h8-9,13,19-20,38H,2-6,10-12,32H2,1H3/t13-,19?,20?/m0/s1. The highest BCUT2D eigenvalue weighted by atomic mass is 32.1. The number of β-amino-alcohol motifs (C(OH)–C–C–N with tert-alkyl or cyclic N) is 1. The molecule has 3 aliphatic heterocycles. The fraction of sp³-hybridized carbons (Fsp3) is 0.429. The number of fused-ring (bicyclic) bond motifs is 5. The lowest BCUT2D eigenvalue weighted by Crippen LogP contribution is -2.51. The third-order valence-electron chi connectivity index (χ3n) is 8.41. The Labute approximate surface area is 232 Å². The van der Waals surface area contributed by atoms with Gasteiger partial charge >= 0.3 is 0 Å². The molecule has 0 spiro atoms. The number of aliphatic hydroxyl groups excluding tert-OH is 1. The Bertz CT molecular complexity index is 1720. The molecule has 3 aromatic heterocycles. The molecule has 9 nitrogen and oxygen atoms in total. The highest BCUT2D eigenvalue weighted by Gasteiger charge is 2.41. The number of likely N-dealkylation sites (tertiary alicyclic amines) is 1. The van der Waals surface area contributed by atoms with Crippen molar-refractivity contribution >= 4 is 43.3 Å². The van der Waals surface area contributed by atoms with Gasteiger partial charge in [0.1, 0.15) is 16.6 Å². The molecule has 2 unspecified atom stereocenters. The number of halogens is 2. The number of thiophene rings is 1. The number of hydrogen-bond donors (Lipinski definition) is 2. The second kappa shape index (κ2) is 9.55. The summed E-state index contributed by atoms with van der Waals surface area (Å²) in [6.45, 7) is 4.51. The molecule has 40 heavy (non-hydrogen) atoms. The lowest BCUT2D eigenvalue weighted by Gasteiger charge is -2.40. The Hall–Kier alpha value is -3.50. The minimum atomic E-state index is -0.614. The Morgan fingerprint density at radius 1 is 1.20 bits per heavy atom. The third kappa shape index (κ3) is 3.76. The molecular weight excluding hydrogens is 536 g/mol. The quantitative estimate of drug-likeness (QED) is 0.378. The second-order valence-electron chi connectivity index (χ2n) is 10.8. The molecule has 1 aromatic carbocycles. The number of piperidine rings is 1. The van der Waals surface area contributed by atoms with Gasteiger partial charge in [-0.2, -0.15) is 5.26 Å². The maximum Gasteiger partial charge on any atom is 0.226 e. The number of pyridine rings is 1. The van der Waals surface area contributed by atoms with E-state index in [9.17, 15) is 14.8 Å². The predicted octanol–water partition coefficient (Wildman–Crippen LogP) is 4.09. The smallest absolute Gasteiger partial charge is 0.226 e. The van der Waals surface area contributed by atoms with Crippen molar-refractivity contribution in [2.75, 3.05) is 30.3 Å². The first-order valence-corrected chi connectivity index (χ1v) is 14.2. The number of nitrogen functional groups attached to an aromatic ring is 1. The number of ether oxygens (including phenoxy) is 1. The molecule has 2 saturated heterocycles. The fourth-order valence-electron chi connectivity index (χ4n) is 6.77. The van der Waals surface area contributed by atoms with Crippen LogP contribution < -0.4 is 10.6 Å². The zero-order chi connectivity index (χ0) is 27.7. The first-order valence-electron chi connectivity index (χ1n) is 13.4. The van der Waals surface area contributed by atoms with E-state index in [-0.39, 0.29) is 62.7 Å². The number of anilines is 2. The average Bonchev–Trinajstić information content (AvgIpc) is 3.67. The van der Waals surface area contributed by atoms with E-state index in [0.29, 0.717) is 23.4 Å². The van der Waals surface area contributed by atoms with Crippen molar-refractivity contribution in [3.05, 3.63) is 40.7 Å². The number of nitrogens with zero attached hydrogens (tertiary/aromatic N) is 6. The molecule has 0 bridgehead atoms. The lowest BCUT2D eigenvalue weighted by atomic mass is 9.94. The van der Waals surface area contributed by atoms with Gasteiger partial charge in [0.15, 0.2) is 11.6 Å². The number of nitrogens with two attached hydrogens (primary N) is 1. The van der Waals surface area contributed by atoms with Gasteiger partial charge in [0.05, 0.1) is 41.5 Å². The van der Waals surface area contributed by atoms with Crippen molar-refractivity contribution in [2.45, 2.75) is 57.6 Å². The molecule has 4 aromatic rings. The van der Waals surface area contributed by atoms with Crippen molar-refractivity contribution in [1.82, 2.24) is 19.9 Å². The molecule has 3 atom stereocenters. The summed E-state index contributed by atoms with van der Waals surface area (Å²) in [6, 6.07) is 2.50. The molecule has 7 rings (SSSR count). The van der Waals surface area contributed by atoms with Gasteiger partial charge in [-0.25, -0.2) is 18.7 Å². The number of aromatic nitrogens is 3. The van der Waals surface area contributed by atoms with Gasteiger partial charge < -0.3 is 20.5 Å². The van der Waals surface area contributed by atoms with Crippen LogP contribution in [0.15, 0.2) is 12.4 Å². The minimum absolute atomic E-state index is 0.0831. The Balaban J connectivity index is 1.39. The molecular formula is C28H27F2N7O2S. The predicted molar refractivity (Wildman–Crippen MR) is 148 cm³/mol. The average molecular weight is 564 g/mol. The maximum atomic E-state index is 16.6. The summed E-state index contributed by atoms with van der Waals surface area (Å²) in [6.07, 6.45) is 5.18. The Morgan fingerprint density at radius 2 is 2.02 bits per heavy atom. The molecule has 0 radical (unpaired) electrons. The minimum Gasteiger partial charge on any atom is -0.392 e. The molecule has 3 N–H and O–H groups in total. The van der Waals surface area contributed by atoms with Crippen LogP contribution in [0.3, 0.4) is 0 Å². The molecule has 0 aliphatic carbocycles. The topological polar surface area (TPSA) is 124 Å². The van der Waals surface area contributed by atoms with Gasteiger partial charge in [-0.3, -0.25) is 9.88 Å². The third-order valence-corrected chi connectivity index (χ3v) is 9.44. The van der Waals surface area contributed by atoms with E-state index < -0.39 is 17.7 Å². The highest BCUT2D eigenvalue weighted by Crippen LogP contribution is 2.45. The Kier molecular flexibility index (Phi) is 6.08. The number of nitriles is 1. The summed E-state index contributed by atoms with van der Waals surface area (Å²) in [5, 5.41) is 20.7. The largest absolute Gasteiger partial charge is 0.392 e. The van der Waals surface area contributed by atoms with Crippen LogP contribution in [0, 0.1) is 23.0 Å². The first-order chi connectivity index (χ1) is 19.4. The molecule has 206 valence electrons. The van der Waals surface area contributed by atoms with E-state index >= 15 is 4.39 Å². The summed E-state index contributed by atoms with van der Waals surface area (Å²) in [5.41, 5.74) is 7.94. The second-order valence-corrected chi connectivity index (χ2v) is 11.8. The number of rotatable bonds is 4. The van der Waals surface area contributed by atoms with Crippen LogP contribution in [0.25, 0.3) is 32.2 Å². The van der Waals surface area contributed by atoms with Gasteiger partial charge in [0.25, 0.3) is 0 Å². The molecule has 6 heterocycles. The normalized spacial score (nSPS) is 21.6. The number of hydrogen-bond acceptors (Lipinski definition) is 10. The zero-order valence-electron chi connectivity index (χ0n) is 21.8. The number of aliphatic hydroxyl groups is 1. The van der Waals surface area contributed by atoms with E-state index in [4.69, 9.17) is 15.5 Å². The SMILES string of the molecule is C[C@H](O)CN1CCCC2C1CCN2c1ncc2c3c(c(-c4ncc(F)c5sc(N)c(C#N)c45)c(F)c2n1)COC3. The fourth-order valence-corrected chi connectivity index (χ4v) is 7.69. The summed E-state index contributed by atoms with van der Waals surface area (Å²) in [5.74, 6) is -0.763. The number of benzene rings is 1. The zero-order valence-corrected chi connectivity index (χ0v) is 22.6. The molecule has 2 fully saturated rings. The maximum absolute atomic E-state index is 16.6. The monoisotopic (exact) mass is 563 g/mol. The van der Waals surface area contributed by atoms with Gasteiger partial charge in [0.2, 0.25) is 5.95 Å². The molecule has 0 saturated carbocycles. The van der Waals surface area contributed by atoms with Gasteiger partial charge in [0, 0.05) is 47.7 Å². The van der Waals surface area contributed by atoms with Crippen LogP contribution >= 0.6 is 11.3 Å². The summed E-state index contributed by atoms with van der Waals surface area (Å²) in [7, 11) is 0. The van der Waals surface area contributed by atoms with Gasteiger partial charge in [-0.05, 0) is 43.9 Å². The van der Waals surface area contributed by atoms with E-state index in [0.717, 1.165) is 55.4 Å². The summed E-state index contributed by atoms with van der Waals surface area (Å²) in [4.78, 5) is 18.2. The van der Waals surface area contributed by atoms with Crippen LogP contribution in [0.1, 0.15) is 42.9 Å². The van der Waals surface area contributed by atoms with Crippen LogP contribution in [-0.2, 0) is 18.0 Å².